The highest BCUT2D eigenvalue weighted by Crippen LogP contribution is 2.34. The summed E-state index contributed by atoms with van der Waals surface area (Å²) in [6, 6.07) is 12.4. The molecule has 0 saturated carbocycles. The lowest BCUT2D eigenvalue weighted by Gasteiger charge is -2.34. The number of fused-ring (bicyclic) bond motifs is 1. The first-order valence-electron chi connectivity index (χ1n) is 9.11. The number of amides is 1. The third-order valence-electron chi connectivity index (χ3n) is 4.90. The lowest BCUT2D eigenvalue weighted by atomic mass is 10.1. The van der Waals surface area contributed by atoms with Crippen molar-refractivity contribution in [2.24, 2.45) is 0 Å². The molecule has 1 saturated heterocycles. The van der Waals surface area contributed by atoms with Crippen molar-refractivity contribution in [2.45, 2.75) is 18.7 Å². The number of carbonyl (C=O) groups is 1. The van der Waals surface area contributed by atoms with E-state index in [0.717, 1.165) is 53.5 Å². The third-order valence-corrected chi connectivity index (χ3v) is 6.75. The molecule has 0 atom stereocenters. The van der Waals surface area contributed by atoms with Gasteiger partial charge in [0, 0.05) is 36.6 Å². The van der Waals surface area contributed by atoms with E-state index < -0.39 is 0 Å². The molecule has 3 aromatic rings. The first-order chi connectivity index (χ1) is 13.0. The molecule has 1 aliphatic heterocycles. The zero-order chi connectivity index (χ0) is 19.0. The Kier molecular flexibility index (Phi) is 5.10. The fourth-order valence-corrected chi connectivity index (χ4v) is 5.27. The summed E-state index contributed by atoms with van der Waals surface area (Å²) in [6.45, 7) is 7.19. The van der Waals surface area contributed by atoms with Crippen LogP contribution in [0.2, 0.25) is 0 Å². The normalized spacial score (nSPS) is 14.8. The lowest BCUT2D eigenvalue weighted by Crippen LogP contribution is -2.48. The number of benzene rings is 2. The van der Waals surface area contributed by atoms with E-state index in [0.29, 0.717) is 0 Å². The summed E-state index contributed by atoms with van der Waals surface area (Å²) in [5, 5.41) is 1.06. The summed E-state index contributed by atoms with van der Waals surface area (Å²) in [7, 11) is 0. The van der Waals surface area contributed by atoms with Gasteiger partial charge in [-0.05, 0) is 44.4 Å². The molecular weight excluding hydrogens is 374 g/mol. The molecule has 1 fully saturated rings. The van der Waals surface area contributed by atoms with Crippen LogP contribution in [0.4, 0.5) is 5.13 Å². The average molecular weight is 398 g/mol. The Hall–Kier alpha value is -2.05. The van der Waals surface area contributed by atoms with Crippen LogP contribution in [0.3, 0.4) is 0 Å². The topological polar surface area (TPSA) is 36.4 Å². The van der Waals surface area contributed by atoms with E-state index in [2.05, 4.69) is 35.4 Å². The third kappa shape index (κ3) is 3.69. The van der Waals surface area contributed by atoms with Crippen molar-refractivity contribution >= 4 is 44.4 Å². The number of thioether (sulfide) groups is 1. The Morgan fingerprint density at radius 1 is 1.07 bits per heavy atom. The van der Waals surface area contributed by atoms with E-state index in [4.69, 9.17) is 4.98 Å². The van der Waals surface area contributed by atoms with Gasteiger partial charge >= 0.3 is 0 Å². The van der Waals surface area contributed by atoms with Crippen LogP contribution in [0.5, 0.6) is 0 Å². The van der Waals surface area contributed by atoms with Crippen molar-refractivity contribution in [1.29, 1.82) is 0 Å². The molecule has 27 heavy (non-hydrogen) atoms. The van der Waals surface area contributed by atoms with Crippen LogP contribution in [0.25, 0.3) is 10.2 Å². The maximum absolute atomic E-state index is 12.9. The van der Waals surface area contributed by atoms with Crippen LogP contribution < -0.4 is 4.90 Å². The number of para-hydroxylation sites is 1. The number of hydrogen-bond acceptors (Lipinski definition) is 5. The quantitative estimate of drug-likeness (QED) is 0.605. The molecule has 6 heteroatoms. The summed E-state index contributed by atoms with van der Waals surface area (Å²) in [4.78, 5) is 23.2. The number of aromatic nitrogens is 1. The minimum Gasteiger partial charge on any atom is -0.345 e. The largest absolute Gasteiger partial charge is 0.345 e. The first kappa shape index (κ1) is 18.3. The maximum atomic E-state index is 12.9. The predicted octanol–water partition coefficient (Wildman–Crippen LogP) is 4.60. The summed E-state index contributed by atoms with van der Waals surface area (Å²) in [6.07, 6.45) is 2.09. The van der Waals surface area contributed by atoms with Gasteiger partial charge < -0.3 is 9.80 Å². The minimum atomic E-state index is 0.135. The Morgan fingerprint density at radius 3 is 2.44 bits per heavy atom. The zero-order valence-corrected chi connectivity index (χ0v) is 17.5. The fraction of sp³-hybridized carbons (Fsp3) is 0.333. The highest BCUT2D eigenvalue weighted by molar-refractivity contribution is 7.98. The Morgan fingerprint density at radius 2 is 1.78 bits per heavy atom. The molecule has 0 N–H and O–H groups in total. The average Bonchev–Trinajstić information content (AvgIpc) is 3.11. The van der Waals surface area contributed by atoms with Gasteiger partial charge in [-0.3, -0.25) is 4.79 Å². The number of carbonyl (C=O) groups excluding carboxylic acids is 1. The number of piperazine rings is 1. The minimum absolute atomic E-state index is 0.135. The van der Waals surface area contributed by atoms with Crippen LogP contribution in [-0.2, 0) is 0 Å². The van der Waals surface area contributed by atoms with E-state index in [1.807, 2.05) is 30.9 Å². The highest BCUT2D eigenvalue weighted by Gasteiger charge is 2.24. The molecule has 0 unspecified atom stereocenters. The van der Waals surface area contributed by atoms with E-state index in [1.54, 1.807) is 23.1 Å². The molecule has 1 aliphatic rings. The van der Waals surface area contributed by atoms with Crippen molar-refractivity contribution in [3.05, 3.63) is 53.1 Å². The summed E-state index contributed by atoms with van der Waals surface area (Å²) in [5.41, 5.74) is 4.16. The van der Waals surface area contributed by atoms with Crippen LogP contribution in [0.15, 0.2) is 41.3 Å². The Bertz CT molecular complexity index is 970. The summed E-state index contributed by atoms with van der Waals surface area (Å²) < 4.78 is 1.23. The fourth-order valence-electron chi connectivity index (χ4n) is 3.59. The van der Waals surface area contributed by atoms with Crippen LogP contribution in [0.1, 0.15) is 21.5 Å². The molecule has 0 bridgehead atoms. The molecule has 4 rings (SSSR count). The van der Waals surface area contributed by atoms with Crippen LogP contribution in [-0.4, -0.2) is 48.2 Å². The summed E-state index contributed by atoms with van der Waals surface area (Å²) >= 11 is 3.48. The van der Waals surface area contributed by atoms with E-state index in [9.17, 15) is 4.79 Å². The van der Waals surface area contributed by atoms with Gasteiger partial charge in [0.2, 0.25) is 0 Å². The standard InChI is InChI=1S/C21H23N3OS2/c1-14-11-15(2)13-16(12-14)20(25)23-7-9-24(10-8-23)21-22-19-17(26-3)5-4-6-18(19)27-21/h4-6,11-13H,7-10H2,1-3H3. The molecule has 0 spiro atoms. The van der Waals surface area contributed by atoms with Gasteiger partial charge in [-0.25, -0.2) is 4.98 Å². The van der Waals surface area contributed by atoms with Gasteiger partial charge in [0.1, 0.15) is 0 Å². The molecular formula is C21H23N3OS2. The Balaban J connectivity index is 1.48. The number of aryl methyl sites for hydroxylation is 2. The van der Waals surface area contributed by atoms with Crippen molar-refractivity contribution < 1.29 is 4.79 Å². The van der Waals surface area contributed by atoms with E-state index in [-0.39, 0.29) is 5.91 Å². The van der Waals surface area contributed by atoms with Gasteiger partial charge in [0.25, 0.3) is 5.91 Å². The highest BCUT2D eigenvalue weighted by atomic mass is 32.2. The van der Waals surface area contributed by atoms with E-state index in [1.165, 1.54) is 9.60 Å². The summed E-state index contributed by atoms with van der Waals surface area (Å²) in [5.74, 6) is 0.135. The molecule has 0 aliphatic carbocycles. The second-order valence-corrected chi connectivity index (χ2v) is 8.82. The van der Waals surface area contributed by atoms with Crippen molar-refractivity contribution in [3.8, 4) is 0 Å². The molecule has 1 aromatic heterocycles. The molecule has 4 nitrogen and oxygen atoms in total. The number of thiazole rings is 1. The molecule has 2 heterocycles. The second kappa shape index (κ2) is 7.52. The Labute approximate surface area is 168 Å². The number of nitrogens with zero attached hydrogens (tertiary/aromatic N) is 3. The second-order valence-electron chi connectivity index (χ2n) is 6.96. The smallest absolute Gasteiger partial charge is 0.253 e. The number of rotatable bonds is 3. The van der Waals surface area contributed by atoms with Gasteiger partial charge in [0.15, 0.2) is 5.13 Å². The lowest BCUT2D eigenvalue weighted by molar-refractivity contribution is 0.0746. The SMILES string of the molecule is CSc1cccc2sc(N3CCN(C(=O)c4cc(C)cc(C)c4)CC3)nc12. The van der Waals surface area contributed by atoms with Crippen molar-refractivity contribution in [3.63, 3.8) is 0 Å². The monoisotopic (exact) mass is 397 g/mol. The molecule has 1 amide bonds. The van der Waals surface area contributed by atoms with Crippen molar-refractivity contribution in [1.82, 2.24) is 9.88 Å². The number of anilines is 1. The predicted molar refractivity (Wildman–Crippen MR) is 115 cm³/mol. The van der Waals surface area contributed by atoms with Gasteiger partial charge in [-0.1, -0.05) is 34.6 Å². The number of hydrogen-bond donors (Lipinski definition) is 0. The molecule has 0 radical (unpaired) electrons. The molecule has 140 valence electrons. The van der Waals surface area contributed by atoms with E-state index >= 15 is 0 Å². The van der Waals surface area contributed by atoms with Gasteiger partial charge in [-0.2, -0.15) is 0 Å². The molecule has 2 aromatic carbocycles. The van der Waals surface area contributed by atoms with Crippen LogP contribution >= 0.6 is 23.1 Å². The van der Waals surface area contributed by atoms with Gasteiger partial charge in [0.05, 0.1) is 10.2 Å². The zero-order valence-electron chi connectivity index (χ0n) is 15.9. The maximum Gasteiger partial charge on any atom is 0.253 e. The van der Waals surface area contributed by atoms with Crippen LogP contribution in [0, 0.1) is 13.8 Å². The van der Waals surface area contributed by atoms with Crippen molar-refractivity contribution in [2.75, 3.05) is 37.3 Å². The van der Waals surface area contributed by atoms with Gasteiger partial charge in [-0.15, -0.1) is 11.8 Å². The first-order valence-corrected chi connectivity index (χ1v) is 11.2.